The van der Waals surface area contributed by atoms with Crippen molar-refractivity contribution in [1.82, 2.24) is 4.98 Å². The summed E-state index contributed by atoms with van der Waals surface area (Å²) in [6.07, 6.45) is 3.47. The number of hydrogen-bond donors (Lipinski definition) is 0. The predicted molar refractivity (Wildman–Crippen MR) is 132 cm³/mol. The molecule has 1 heterocycles. The fourth-order valence-corrected chi connectivity index (χ4v) is 4.14. The lowest BCUT2D eigenvalue weighted by Gasteiger charge is -2.19. The van der Waals surface area contributed by atoms with Gasteiger partial charge in [-0.25, -0.2) is 9.18 Å². The molecule has 0 saturated carbocycles. The number of benzene rings is 3. The van der Waals surface area contributed by atoms with Gasteiger partial charge in [0, 0.05) is 23.2 Å². The third kappa shape index (κ3) is 4.71. The molecule has 0 fully saturated rings. The quantitative estimate of drug-likeness (QED) is 0.130. The second-order valence-corrected chi connectivity index (χ2v) is 7.77. The Hall–Kier alpha value is -3.76. The number of carbonyl (C=O) groups is 1. The molecule has 4 rings (SSSR count). The number of nitrogens with zero attached hydrogens (tertiary/aromatic N) is 1. The van der Waals surface area contributed by atoms with E-state index in [2.05, 4.69) is 11.6 Å². The van der Waals surface area contributed by atoms with Gasteiger partial charge in [0.2, 0.25) is 0 Å². The summed E-state index contributed by atoms with van der Waals surface area (Å²) in [6.45, 7) is 5.50. The fourth-order valence-electron chi connectivity index (χ4n) is 3.86. The van der Waals surface area contributed by atoms with Crippen molar-refractivity contribution in [1.29, 1.82) is 0 Å². The number of esters is 1. The topological polar surface area (TPSA) is 39.2 Å². The Morgan fingerprint density at radius 1 is 1.06 bits per heavy atom. The predicted octanol–water partition coefficient (Wildman–Crippen LogP) is 7.49. The van der Waals surface area contributed by atoms with E-state index >= 15 is 0 Å². The zero-order chi connectivity index (χ0) is 23.4. The molecule has 1 aromatic heterocycles. The molecule has 0 unspecified atom stereocenters. The van der Waals surface area contributed by atoms with Crippen molar-refractivity contribution in [3.63, 3.8) is 0 Å². The smallest absolute Gasteiger partial charge is 0.335 e. The van der Waals surface area contributed by atoms with E-state index < -0.39 is 11.8 Å². The molecule has 0 atom stereocenters. The van der Waals surface area contributed by atoms with Crippen LogP contribution in [0.4, 0.5) is 4.39 Å². The monoisotopic (exact) mass is 457 g/mol. The fraction of sp³-hybridized carbons (Fsp3) is 0.0714. The number of ether oxygens (including phenoxy) is 1. The summed E-state index contributed by atoms with van der Waals surface area (Å²) < 4.78 is 19.4. The van der Waals surface area contributed by atoms with Crippen LogP contribution in [0.1, 0.15) is 30.0 Å². The summed E-state index contributed by atoms with van der Waals surface area (Å²) in [6, 6.07) is 21.5. The Kier molecular flexibility index (Phi) is 6.66. The largest absolute Gasteiger partial charge is 0.423 e. The number of halogens is 2. The van der Waals surface area contributed by atoms with Crippen LogP contribution in [0.5, 0.6) is 5.75 Å². The van der Waals surface area contributed by atoms with Gasteiger partial charge in [0.25, 0.3) is 0 Å². The van der Waals surface area contributed by atoms with Gasteiger partial charge in [-0.3, -0.25) is 4.98 Å². The molecule has 3 nitrogen and oxygen atoms in total. The lowest BCUT2D eigenvalue weighted by atomic mass is 9.87. The molecule has 0 saturated heterocycles. The van der Waals surface area contributed by atoms with Gasteiger partial charge >= 0.3 is 5.97 Å². The molecule has 0 aliphatic rings. The minimum Gasteiger partial charge on any atom is -0.423 e. The maximum atomic E-state index is 13.8. The van der Waals surface area contributed by atoms with E-state index in [4.69, 9.17) is 16.3 Å². The molecule has 0 bridgehead atoms. The Morgan fingerprint density at radius 3 is 2.64 bits per heavy atom. The van der Waals surface area contributed by atoms with Gasteiger partial charge in [0.15, 0.2) is 0 Å². The molecule has 0 amide bonds. The molecule has 0 radical (unpaired) electrons. The van der Waals surface area contributed by atoms with Crippen molar-refractivity contribution in [2.75, 3.05) is 0 Å². The van der Waals surface area contributed by atoms with Gasteiger partial charge in [-0.1, -0.05) is 67.6 Å². The average molecular weight is 458 g/mol. The number of aromatic nitrogens is 1. The SMILES string of the molecule is C=CC(=O)Oc1ccccc1/C(=C(\CC)c1ccc(F)cc1Cl)c1ccc2cccnc2c1. The maximum Gasteiger partial charge on any atom is 0.335 e. The minimum absolute atomic E-state index is 0.309. The average Bonchev–Trinajstić information content (AvgIpc) is 2.83. The molecule has 33 heavy (non-hydrogen) atoms. The zero-order valence-corrected chi connectivity index (χ0v) is 18.8. The second kappa shape index (κ2) is 9.80. The Morgan fingerprint density at radius 2 is 1.88 bits per heavy atom. The molecular weight excluding hydrogens is 437 g/mol. The van der Waals surface area contributed by atoms with Gasteiger partial charge in [0.1, 0.15) is 11.6 Å². The van der Waals surface area contributed by atoms with Crippen molar-refractivity contribution >= 4 is 39.6 Å². The van der Waals surface area contributed by atoms with E-state index in [1.165, 1.54) is 12.1 Å². The number of fused-ring (bicyclic) bond motifs is 1. The van der Waals surface area contributed by atoms with Crippen LogP contribution in [-0.2, 0) is 4.79 Å². The van der Waals surface area contributed by atoms with Crippen molar-refractivity contribution in [2.45, 2.75) is 13.3 Å². The molecule has 0 spiro atoms. The van der Waals surface area contributed by atoms with E-state index in [0.717, 1.165) is 33.7 Å². The van der Waals surface area contributed by atoms with Crippen LogP contribution in [0, 0.1) is 5.82 Å². The molecule has 4 aromatic rings. The second-order valence-electron chi connectivity index (χ2n) is 7.36. The number of pyridine rings is 1. The van der Waals surface area contributed by atoms with Crippen molar-refractivity contribution in [3.8, 4) is 5.75 Å². The first-order valence-electron chi connectivity index (χ1n) is 10.5. The van der Waals surface area contributed by atoms with Crippen LogP contribution in [0.2, 0.25) is 5.02 Å². The van der Waals surface area contributed by atoms with Gasteiger partial charge < -0.3 is 4.74 Å². The van der Waals surface area contributed by atoms with Crippen molar-refractivity contribution in [3.05, 3.63) is 119 Å². The van der Waals surface area contributed by atoms with Crippen LogP contribution >= 0.6 is 11.6 Å². The maximum absolute atomic E-state index is 13.8. The Balaban J connectivity index is 2.05. The molecule has 164 valence electrons. The van der Waals surface area contributed by atoms with E-state index in [1.807, 2.05) is 49.4 Å². The van der Waals surface area contributed by atoms with Crippen LogP contribution in [0.15, 0.2) is 91.6 Å². The van der Waals surface area contributed by atoms with Crippen LogP contribution in [-0.4, -0.2) is 11.0 Å². The van der Waals surface area contributed by atoms with E-state index in [1.54, 1.807) is 24.4 Å². The zero-order valence-electron chi connectivity index (χ0n) is 18.0. The summed E-state index contributed by atoms with van der Waals surface area (Å²) in [5, 5.41) is 1.31. The summed E-state index contributed by atoms with van der Waals surface area (Å²) in [5.74, 6) is -0.571. The summed E-state index contributed by atoms with van der Waals surface area (Å²) in [7, 11) is 0. The van der Waals surface area contributed by atoms with Crippen LogP contribution in [0.25, 0.3) is 22.0 Å². The summed E-state index contributed by atoms with van der Waals surface area (Å²) in [4.78, 5) is 16.5. The lowest BCUT2D eigenvalue weighted by Crippen LogP contribution is -2.06. The standard InChI is InChI=1S/C28H21ClFNO2/c1-3-21(22-14-13-20(30)17-24(22)29)28(19-12-11-18-8-7-15-31-25(18)16-19)23-9-5-6-10-26(23)33-27(32)4-2/h4-17H,2-3H2,1H3/b28-21+. The third-order valence-corrected chi connectivity index (χ3v) is 5.65. The number of allylic oxidation sites excluding steroid dienone is 1. The summed E-state index contributed by atoms with van der Waals surface area (Å²) in [5.41, 5.74) is 4.83. The minimum atomic E-state index is -0.556. The number of carbonyl (C=O) groups excluding carboxylic acids is 1. The van der Waals surface area contributed by atoms with Crippen molar-refractivity contribution < 1.29 is 13.9 Å². The first-order chi connectivity index (χ1) is 16.0. The number of para-hydroxylation sites is 1. The number of rotatable bonds is 6. The molecule has 3 aromatic carbocycles. The van der Waals surface area contributed by atoms with E-state index in [9.17, 15) is 9.18 Å². The van der Waals surface area contributed by atoms with Gasteiger partial charge in [-0.15, -0.1) is 0 Å². The molecule has 5 heteroatoms. The first-order valence-corrected chi connectivity index (χ1v) is 10.9. The van der Waals surface area contributed by atoms with Gasteiger partial charge in [-0.2, -0.15) is 0 Å². The molecule has 0 N–H and O–H groups in total. The highest BCUT2D eigenvalue weighted by Crippen LogP contribution is 2.41. The first kappa shape index (κ1) is 22.4. The number of hydrogen-bond acceptors (Lipinski definition) is 3. The van der Waals surface area contributed by atoms with Gasteiger partial charge in [0.05, 0.1) is 10.5 Å². The third-order valence-electron chi connectivity index (χ3n) is 5.34. The lowest BCUT2D eigenvalue weighted by molar-refractivity contribution is -0.128. The van der Waals surface area contributed by atoms with E-state index in [0.29, 0.717) is 28.3 Å². The van der Waals surface area contributed by atoms with Crippen molar-refractivity contribution in [2.24, 2.45) is 0 Å². The summed E-state index contributed by atoms with van der Waals surface area (Å²) >= 11 is 6.48. The molecular formula is C28H21ClFNO2. The molecule has 0 aliphatic heterocycles. The van der Waals surface area contributed by atoms with Crippen LogP contribution in [0.3, 0.4) is 0 Å². The molecule has 0 aliphatic carbocycles. The normalized spacial score (nSPS) is 11.7. The van der Waals surface area contributed by atoms with Gasteiger partial charge in [-0.05, 0) is 59.0 Å². The van der Waals surface area contributed by atoms with E-state index in [-0.39, 0.29) is 0 Å². The van der Waals surface area contributed by atoms with Crippen LogP contribution < -0.4 is 4.74 Å². The Bertz CT molecular complexity index is 1390. The highest BCUT2D eigenvalue weighted by atomic mass is 35.5. The Labute approximate surface area is 196 Å². The highest BCUT2D eigenvalue weighted by molar-refractivity contribution is 6.32. The highest BCUT2D eigenvalue weighted by Gasteiger charge is 2.20.